The van der Waals surface area contributed by atoms with Crippen LogP contribution in [-0.2, 0) is 23.6 Å². The molecular formula is C27H36N4O4S. The summed E-state index contributed by atoms with van der Waals surface area (Å²) in [6.07, 6.45) is 1.50. The molecule has 1 amide bonds. The number of hydrogen-bond donors (Lipinski definition) is 1. The van der Waals surface area contributed by atoms with Gasteiger partial charge >= 0.3 is 0 Å². The summed E-state index contributed by atoms with van der Waals surface area (Å²) in [5.41, 5.74) is 1.25. The predicted molar refractivity (Wildman–Crippen MR) is 144 cm³/mol. The van der Waals surface area contributed by atoms with Crippen LogP contribution in [0.1, 0.15) is 43.6 Å². The van der Waals surface area contributed by atoms with Crippen LogP contribution < -0.4 is 10.7 Å². The van der Waals surface area contributed by atoms with E-state index in [1.54, 1.807) is 31.5 Å². The van der Waals surface area contributed by atoms with Crippen LogP contribution in [0.25, 0.3) is 10.9 Å². The van der Waals surface area contributed by atoms with Crippen LogP contribution in [0.4, 0.5) is 0 Å². The van der Waals surface area contributed by atoms with Gasteiger partial charge in [0.05, 0.1) is 10.4 Å². The maximum atomic E-state index is 13.3. The lowest BCUT2D eigenvalue weighted by Crippen LogP contribution is -2.39. The summed E-state index contributed by atoms with van der Waals surface area (Å²) in [6, 6.07) is 14.9. The quantitative estimate of drug-likeness (QED) is 0.426. The van der Waals surface area contributed by atoms with Gasteiger partial charge in [-0.25, -0.2) is 8.42 Å². The molecule has 3 aromatic rings. The lowest BCUT2D eigenvalue weighted by Gasteiger charge is -2.26. The number of amides is 1. The number of benzene rings is 2. The van der Waals surface area contributed by atoms with Crippen LogP contribution >= 0.6 is 0 Å². The Kier molecular flexibility index (Phi) is 9.05. The molecule has 1 heterocycles. The molecule has 1 N–H and O–H groups in total. The van der Waals surface area contributed by atoms with E-state index in [2.05, 4.69) is 36.2 Å². The van der Waals surface area contributed by atoms with Crippen molar-refractivity contribution < 1.29 is 13.2 Å². The lowest BCUT2D eigenvalue weighted by atomic mass is 10.1. The van der Waals surface area contributed by atoms with Gasteiger partial charge in [-0.05, 0) is 37.6 Å². The average molecular weight is 513 g/mol. The van der Waals surface area contributed by atoms with E-state index in [9.17, 15) is 18.0 Å². The number of hydrogen-bond acceptors (Lipinski definition) is 5. The van der Waals surface area contributed by atoms with Crippen LogP contribution in [0, 0.1) is 0 Å². The van der Waals surface area contributed by atoms with Crippen LogP contribution in [-0.4, -0.2) is 60.3 Å². The van der Waals surface area contributed by atoms with Crippen molar-refractivity contribution in [3.63, 3.8) is 0 Å². The van der Waals surface area contributed by atoms with E-state index in [-0.39, 0.29) is 21.9 Å². The van der Waals surface area contributed by atoms with Crippen molar-refractivity contribution >= 4 is 26.8 Å². The van der Waals surface area contributed by atoms with Crippen molar-refractivity contribution in [2.24, 2.45) is 7.05 Å². The van der Waals surface area contributed by atoms with Gasteiger partial charge in [0, 0.05) is 57.4 Å². The Bertz CT molecular complexity index is 1360. The maximum absolute atomic E-state index is 13.3. The number of pyridine rings is 1. The second kappa shape index (κ2) is 11.8. The molecular weight excluding hydrogens is 476 g/mol. The standard InChI is InChI=1S/C27H36N4O4S/c1-6-31(7-2)36(34,35)22-13-14-25-23(17-22)26(32)24(19-29(25)5)27(33)28-15-16-30(20(3)4)18-21-11-9-8-10-12-21/h8-14,17,19-20H,6-7,15-16,18H2,1-5H3,(H,28,33). The first-order chi connectivity index (χ1) is 17.1. The highest BCUT2D eigenvalue weighted by atomic mass is 32.2. The number of sulfonamides is 1. The first-order valence-corrected chi connectivity index (χ1v) is 13.7. The Hall–Kier alpha value is -3.01. The monoisotopic (exact) mass is 512 g/mol. The van der Waals surface area contributed by atoms with E-state index in [1.807, 2.05) is 18.2 Å². The highest BCUT2D eigenvalue weighted by Crippen LogP contribution is 2.20. The molecule has 0 aliphatic heterocycles. The SMILES string of the molecule is CCN(CC)S(=O)(=O)c1ccc2c(c1)c(=O)c(C(=O)NCCN(Cc1ccccc1)C(C)C)cn2C. The van der Waals surface area contributed by atoms with E-state index < -0.39 is 21.4 Å². The van der Waals surface area contributed by atoms with Crippen molar-refractivity contribution in [2.45, 2.75) is 45.2 Å². The zero-order chi connectivity index (χ0) is 26.5. The molecule has 36 heavy (non-hydrogen) atoms. The topological polar surface area (TPSA) is 91.7 Å². The van der Waals surface area contributed by atoms with Crippen LogP contribution in [0.3, 0.4) is 0 Å². The highest BCUT2D eigenvalue weighted by Gasteiger charge is 2.23. The minimum Gasteiger partial charge on any atom is -0.351 e. The number of rotatable bonds is 11. The molecule has 0 aliphatic carbocycles. The molecule has 0 saturated heterocycles. The molecule has 0 saturated carbocycles. The summed E-state index contributed by atoms with van der Waals surface area (Å²) >= 11 is 0. The van der Waals surface area contributed by atoms with Crippen molar-refractivity contribution in [1.29, 1.82) is 0 Å². The minimum absolute atomic E-state index is 0.0125. The van der Waals surface area contributed by atoms with Gasteiger partial charge < -0.3 is 9.88 Å². The average Bonchev–Trinajstić information content (AvgIpc) is 2.86. The van der Waals surface area contributed by atoms with E-state index in [4.69, 9.17) is 0 Å². The zero-order valence-electron chi connectivity index (χ0n) is 21.7. The van der Waals surface area contributed by atoms with Crippen molar-refractivity contribution in [1.82, 2.24) is 19.1 Å². The summed E-state index contributed by atoms with van der Waals surface area (Å²) in [5, 5.41) is 3.06. The molecule has 8 nitrogen and oxygen atoms in total. The molecule has 0 spiro atoms. The van der Waals surface area contributed by atoms with Crippen LogP contribution in [0.5, 0.6) is 0 Å². The molecule has 0 radical (unpaired) electrons. The van der Waals surface area contributed by atoms with Gasteiger partial charge in [-0.1, -0.05) is 44.2 Å². The molecule has 194 valence electrons. The molecule has 0 unspecified atom stereocenters. The largest absolute Gasteiger partial charge is 0.351 e. The first-order valence-electron chi connectivity index (χ1n) is 12.3. The number of nitrogens with zero attached hydrogens (tertiary/aromatic N) is 3. The van der Waals surface area contributed by atoms with Gasteiger partial charge in [-0.15, -0.1) is 0 Å². The normalized spacial score (nSPS) is 12.1. The van der Waals surface area contributed by atoms with Gasteiger partial charge in [-0.3, -0.25) is 14.5 Å². The predicted octanol–water partition coefficient (Wildman–Crippen LogP) is 3.21. The molecule has 2 aromatic carbocycles. The molecule has 9 heteroatoms. The lowest BCUT2D eigenvalue weighted by molar-refractivity contribution is 0.0942. The second-order valence-electron chi connectivity index (χ2n) is 9.06. The summed E-state index contributed by atoms with van der Waals surface area (Å²) in [7, 11) is -2.00. The molecule has 0 atom stereocenters. The molecule has 1 aromatic heterocycles. The van der Waals surface area contributed by atoms with Gasteiger partial charge in [0.1, 0.15) is 5.56 Å². The van der Waals surface area contributed by atoms with Gasteiger partial charge in [0.2, 0.25) is 15.5 Å². The molecule has 0 aliphatic rings. The first kappa shape index (κ1) is 27.6. The van der Waals surface area contributed by atoms with E-state index >= 15 is 0 Å². The summed E-state index contributed by atoms with van der Waals surface area (Å²) < 4.78 is 29.0. The number of carbonyl (C=O) groups is 1. The van der Waals surface area contributed by atoms with Gasteiger partial charge in [-0.2, -0.15) is 4.31 Å². The van der Waals surface area contributed by atoms with E-state index in [1.165, 1.54) is 28.2 Å². The second-order valence-corrected chi connectivity index (χ2v) is 11.0. The van der Waals surface area contributed by atoms with Crippen LogP contribution in [0.15, 0.2) is 64.4 Å². The Labute approximate surface area is 213 Å². The Morgan fingerprint density at radius 3 is 2.33 bits per heavy atom. The van der Waals surface area contributed by atoms with E-state index in [0.29, 0.717) is 31.7 Å². The fraction of sp³-hybridized carbons (Fsp3) is 0.407. The third-order valence-electron chi connectivity index (χ3n) is 6.39. The minimum atomic E-state index is -3.73. The third kappa shape index (κ3) is 6.03. The third-order valence-corrected chi connectivity index (χ3v) is 8.44. The summed E-state index contributed by atoms with van der Waals surface area (Å²) in [5.74, 6) is -0.474. The van der Waals surface area contributed by atoms with Crippen molar-refractivity contribution in [2.75, 3.05) is 26.2 Å². The Balaban J connectivity index is 1.82. The number of aryl methyl sites for hydroxylation is 1. The number of carbonyl (C=O) groups excluding carboxylic acids is 1. The number of aromatic nitrogens is 1. The van der Waals surface area contributed by atoms with Crippen LogP contribution in [0.2, 0.25) is 0 Å². The zero-order valence-corrected chi connectivity index (χ0v) is 22.5. The fourth-order valence-corrected chi connectivity index (χ4v) is 5.74. The summed E-state index contributed by atoms with van der Waals surface area (Å²) in [6.45, 7) is 10.2. The molecule has 0 fully saturated rings. The molecule has 0 bridgehead atoms. The van der Waals surface area contributed by atoms with Gasteiger partial charge in [0.15, 0.2) is 0 Å². The van der Waals surface area contributed by atoms with Gasteiger partial charge in [0.25, 0.3) is 5.91 Å². The Morgan fingerprint density at radius 2 is 1.72 bits per heavy atom. The Morgan fingerprint density at radius 1 is 1.06 bits per heavy atom. The molecule has 3 rings (SSSR count). The summed E-state index contributed by atoms with van der Waals surface area (Å²) in [4.78, 5) is 28.5. The smallest absolute Gasteiger partial charge is 0.256 e. The van der Waals surface area contributed by atoms with Crippen molar-refractivity contribution in [3.8, 4) is 0 Å². The van der Waals surface area contributed by atoms with Crippen molar-refractivity contribution in [3.05, 3.63) is 76.1 Å². The number of fused-ring (bicyclic) bond motifs is 1. The maximum Gasteiger partial charge on any atom is 0.256 e. The fourth-order valence-electron chi connectivity index (χ4n) is 4.25. The van der Waals surface area contributed by atoms with E-state index in [0.717, 1.165) is 6.54 Å². The number of nitrogens with one attached hydrogen (secondary N) is 1. The highest BCUT2D eigenvalue weighted by molar-refractivity contribution is 7.89.